The van der Waals surface area contributed by atoms with Gasteiger partial charge in [0, 0.05) is 19.3 Å². The van der Waals surface area contributed by atoms with Gasteiger partial charge in [-0.25, -0.2) is 0 Å². The topological polar surface area (TPSA) is 78.9 Å². The number of allylic oxidation sites excluding steroid dienone is 6. The highest BCUT2D eigenvalue weighted by molar-refractivity contribution is 5.71. The first kappa shape index (κ1) is 65.6. The van der Waals surface area contributed by atoms with Gasteiger partial charge < -0.3 is 14.2 Å². The molecule has 6 heteroatoms. The molecule has 0 aromatic heterocycles. The van der Waals surface area contributed by atoms with Crippen LogP contribution in [0.5, 0.6) is 0 Å². The minimum absolute atomic E-state index is 0.0723. The van der Waals surface area contributed by atoms with E-state index in [1.54, 1.807) is 0 Å². The van der Waals surface area contributed by atoms with Crippen LogP contribution in [0, 0.1) is 0 Å². The zero-order chi connectivity index (χ0) is 49.3. The van der Waals surface area contributed by atoms with Gasteiger partial charge >= 0.3 is 17.9 Å². The predicted octanol–water partition coefficient (Wildman–Crippen LogP) is 20.0. The Morgan fingerprint density at radius 3 is 0.838 bits per heavy atom. The summed E-state index contributed by atoms with van der Waals surface area (Å²) in [5.74, 6) is -0.871. The summed E-state index contributed by atoms with van der Waals surface area (Å²) < 4.78 is 16.8. The molecule has 0 aliphatic carbocycles. The lowest BCUT2D eigenvalue weighted by molar-refractivity contribution is -0.167. The van der Waals surface area contributed by atoms with Crippen LogP contribution in [0.2, 0.25) is 0 Å². The second-order valence-corrected chi connectivity index (χ2v) is 20.3. The van der Waals surface area contributed by atoms with Crippen LogP contribution in [0.1, 0.15) is 323 Å². The van der Waals surface area contributed by atoms with Crippen molar-refractivity contribution in [3.63, 3.8) is 0 Å². The van der Waals surface area contributed by atoms with Gasteiger partial charge in [-0.15, -0.1) is 0 Å². The van der Waals surface area contributed by atoms with Crippen LogP contribution in [0.3, 0.4) is 0 Å². The van der Waals surface area contributed by atoms with Crippen LogP contribution >= 0.6 is 0 Å². The van der Waals surface area contributed by atoms with Crippen molar-refractivity contribution in [1.82, 2.24) is 0 Å². The molecule has 0 aliphatic rings. The normalized spacial score (nSPS) is 12.2. The molecule has 1 unspecified atom stereocenters. The number of rotatable bonds is 55. The summed E-state index contributed by atoms with van der Waals surface area (Å²) in [6, 6.07) is 0. The maximum atomic E-state index is 12.8. The van der Waals surface area contributed by atoms with Gasteiger partial charge in [0.05, 0.1) is 0 Å². The first-order chi connectivity index (χ1) is 33.5. The molecule has 0 radical (unpaired) electrons. The molecule has 0 amide bonds. The zero-order valence-corrected chi connectivity index (χ0v) is 45.6. The lowest BCUT2D eigenvalue weighted by Crippen LogP contribution is -2.30. The summed E-state index contributed by atoms with van der Waals surface area (Å²) in [6.45, 7) is 6.61. The average Bonchev–Trinajstić information content (AvgIpc) is 3.34. The summed E-state index contributed by atoms with van der Waals surface area (Å²) in [5, 5.41) is 0. The first-order valence-electron chi connectivity index (χ1n) is 30.0. The Labute approximate surface area is 423 Å². The van der Waals surface area contributed by atoms with Crippen molar-refractivity contribution in [2.45, 2.75) is 329 Å². The van der Waals surface area contributed by atoms with E-state index in [1.807, 2.05) is 0 Å². The van der Waals surface area contributed by atoms with Gasteiger partial charge in [0.15, 0.2) is 6.10 Å². The van der Waals surface area contributed by atoms with Crippen molar-refractivity contribution in [1.29, 1.82) is 0 Å². The molecule has 0 N–H and O–H groups in total. The third-order valence-electron chi connectivity index (χ3n) is 13.4. The van der Waals surface area contributed by atoms with Crippen molar-refractivity contribution >= 4 is 17.9 Å². The standard InChI is InChI=1S/C62H114O6/c1-4-7-10-13-16-18-20-22-24-26-28-29-30-31-32-33-34-36-37-39-41-43-46-49-52-55-61(64)67-58-59(57-66-60(63)54-51-48-45-15-12-9-6-3)68-62(65)56-53-50-47-44-42-40-38-35-27-25-23-21-19-17-14-11-8-5-2/h19,21,25-28,59H,4-18,20,22-24,29-58H2,1-3H3/b21-19-,27-25-,28-26-. The van der Waals surface area contributed by atoms with Gasteiger partial charge in [0.2, 0.25) is 0 Å². The van der Waals surface area contributed by atoms with Crippen LogP contribution in [-0.2, 0) is 28.6 Å². The van der Waals surface area contributed by atoms with Crippen molar-refractivity contribution in [2.75, 3.05) is 13.2 Å². The number of hydrogen-bond donors (Lipinski definition) is 0. The molecule has 0 fully saturated rings. The number of carbonyl (C=O) groups is 3. The Balaban J connectivity index is 4.12. The number of esters is 3. The summed E-state index contributed by atoms with van der Waals surface area (Å²) in [5.41, 5.74) is 0. The molecular weight excluding hydrogens is 841 g/mol. The Hall–Kier alpha value is -2.37. The Kier molecular flexibility index (Phi) is 55.2. The van der Waals surface area contributed by atoms with E-state index >= 15 is 0 Å². The summed E-state index contributed by atoms with van der Waals surface area (Å²) in [4.78, 5) is 38.0. The molecule has 0 spiro atoms. The summed E-state index contributed by atoms with van der Waals surface area (Å²) >= 11 is 0. The van der Waals surface area contributed by atoms with E-state index in [0.29, 0.717) is 19.3 Å². The van der Waals surface area contributed by atoms with Gasteiger partial charge in [-0.1, -0.05) is 263 Å². The van der Waals surface area contributed by atoms with Gasteiger partial charge in [-0.3, -0.25) is 14.4 Å². The molecular formula is C62H114O6. The van der Waals surface area contributed by atoms with E-state index in [2.05, 4.69) is 57.2 Å². The number of ether oxygens (including phenoxy) is 3. The van der Waals surface area contributed by atoms with E-state index in [-0.39, 0.29) is 31.1 Å². The molecule has 0 aliphatic heterocycles. The molecule has 6 nitrogen and oxygen atoms in total. The van der Waals surface area contributed by atoms with E-state index in [1.165, 1.54) is 212 Å². The van der Waals surface area contributed by atoms with E-state index in [9.17, 15) is 14.4 Å². The Morgan fingerprint density at radius 1 is 0.294 bits per heavy atom. The Bertz CT molecular complexity index is 1140. The second kappa shape index (κ2) is 57.2. The highest BCUT2D eigenvalue weighted by Crippen LogP contribution is 2.16. The highest BCUT2D eigenvalue weighted by atomic mass is 16.6. The van der Waals surface area contributed by atoms with Crippen molar-refractivity contribution < 1.29 is 28.6 Å². The molecule has 1 atom stereocenters. The van der Waals surface area contributed by atoms with E-state index in [4.69, 9.17) is 14.2 Å². The third-order valence-corrected chi connectivity index (χ3v) is 13.4. The van der Waals surface area contributed by atoms with Crippen LogP contribution < -0.4 is 0 Å². The largest absolute Gasteiger partial charge is 0.462 e. The minimum Gasteiger partial charge on any atom is -0.462 e. The molecule has 0 heterocycles. The van der Waals surface area contributed by atoms with Gasteiger partial charge in [0.1, 0.15) is 13.2 Å². The zero-order valence-electron chi connectivity index (χ0n) is 45.6. The quantitative estimate of drug-likeness (QED) is 0.0262. The first-order valence-corrected chi connectivity index (χ1v) is 30.0. The van der Waals surface area contributed by atoms with Crippen LogP contribution in [0.15, 0.2) is 36.5 Å². The van der Waals surface area contributed by atoms with Crippen molar-refractivity contribution in [2.24, 2.45) is 0 Å². The van der Waals surface area contributed by atoms with Gasteiger partial charge in [-0.05, 0) is 77.0 Å². The van der Waals surface area contributed by atoms with Crippen LogP contribution in [0.25, 0.3) is 0 Å². The lowest BCUT2D eigenvalue weighted by Gasteiger charge is -2.18. The second-order valence-electron chi connectivity index (χ2n) is 20.3. The Morgan fingerprint density at radius 2 is 0.529 bits per heavy atom. The number of hydrogen-bond acceptors (Lipinski definition) is 6. The van der Waals surface area contributed by atoms with Gasteiger partial charge in [0.25, 0.3) is 0 Å². The highest BCUT2D eigenvalue weighted by Gasteiger charge is 2.19. The smallest absolute Gasteiger partial charge is 0.306 e. The number of unbranched alkanes of at least 4 members (excludes halogenated alkanes) is 38. The summed E-state index contributed by atoms with van der Waals surface area (Å²) in [7, 11) is 0. The number of carbonyl (C=O) groups excluding carboxylic acids is 3. The fourth-order valence-corrected chi connectivity index (χ4v) is 8.82. The van der Waals surface area contributed by atoms with Crippen molar-refractivity contribution in [3.05, 3.63) is 36.5 Å². The molecule has 0 rings (SSSR count). The molecule has 0 saturated carbocycles. The molecule has 68 heavy (non-hydrogen) atoms. The fraction of sp³-hybridized carbons (Fsp3) is 0.855. The van der Waals surface area contributed by atoms with E-state index in [0.717, 1.165) is 70.6 Å². The van der Waals surface area contributed by atoms with Crippen molar-refractivity contribution in [3.8, 4) is 0 Å². The van der Waals surface area contributed by atoms with E-state index < -0.39 is 6.10 Å². The third kappa shape index (κ3) is 54.6. The van der Waals surface area contributed by atoms with Crippen LogP contribution in [-0.4, -0.2) is 37.2 Å². The van der Waals surface area contributed by atoms with Gasteiger partial charge in [-0.2, -0.15) is 0 Å². The predicted molar refractivity (Wildman–Crippen MR) is 293 cm³/mol. The monoisotopic (exact) mass is 955 g/mol. The molecule has 0 aromatic rings. The molecule has 398 valence electrons. The van der Waals surface area contributed by atoms with Crippen LogP contribution in [0.4, 0.5) is 0 Å². The maximum Gasteiger partial charge on any atom is 0.306 e. The average molecular weight is 956 g/mol. The lowest BCUT2D eigenvalue weighted by atomic mass is 10.0. The summed E-state index contributed by atoms with van der Waals surface area (Å²) in [6.07, 6.45) is 68.8. The SMILES string of the molecule is CCCCCC/C=C\C/C=C\CCCCCCCCCC(=O)OC(COC(=O)CCCCCCCCC)COC(=O)CCCCCCCCCCCCCCC/C=C\CCCCCCCCCC. The molecule has 0 saturated heterocycles. The minimum atomic E-state index is -0.772. The molecule has 0 aromatic carbocycles. The molecule has 0 bridgehead atoms. The maximum absolute atomic E-state index is 12.8. The fourth-order valence-electron chi connectivity index (χ4n) is 8.82.